The summed E-state index contributed by atoms with van der Waals surface area (Å²) in [5, 5.41) is 0. The largest absolute Gasteiger partial charge is 0.445 e. The summed E-state index contributed by atoms with van der Waals surface area (Å²) >= 11 is 1.51. The van der Waals surface area contributed by atoms with E-state index in [1.54, 1.807) is 0 Å². The van der Waals surface area contributed by atoms with E-state index in [4.69, 9.17) is 11.2 Å². The van der Waals surface area contributed by atoms with Crippen molar-refractivity contribution in [2.24, 2.45) is 29.1 Å². The zero-order chi connectivity index (χ0) is 25.1. The van der Waals surface area contributed by atoms with Crippen LogP contribution in [-0.4, -0.2) is 23.1 Å². The first-order valence-electron chi connectivity index (χ1n) is 13.6. The normalized spacial score (nSPS) is 35.3. The van der Waals surface area contributed by atoms with Gasteiger partial charge < -0.3 is 4.74 Å². The van der Waals surface area contributed by atoms with Crippen molar-refractivity contribution in [2.75, 3.05) is 5.75 Å². The van der Waals surface area contributed by atoms with Crippen molar-refractivity contribution in [3.05, 3.63) is 42.0 Å². The highest BCUT2D eigenvalue weighted by Crippen LogP contribution is 2.67. The topological polar surface area (TPSA) is 43.4 Å². The highest BCUT2D eigenvalue weighted by atomic mass is 32.2. The third-order valence-corrected chi connectivity index (χ3v) is 10.4. The SMILES string of the molecule is C#C[C@]1(OC(=O)CSc2ccccc2)CCC2C3CCC4=CC(=O)CCC4C3CCC21CC.CC. The molecule has 6 atom stereocenters. The highest BCUT2D eigenvalue weighted by molar-refractivity contribution is 8.00. The maximum absolute atomic E-state index is 13.0. The quantitative estimate of drug-likeness (QED) is 0.247. The first kappa shape index (κ1) is 26.1. The van der Waals surface area contributed by atoms with Gasteiger partial charge in [0.05, 0.1) is 5.75 Å². The van der Waals surface area contributed by atoms with E-state index >= 15 is 0 Å². The number of terminal acetylenes is 1. The fourth-order valence-electron chi connectivity index (χ4n) is 8.00. The van der Waals surface area contributed by atoms with Gasteiger partial charge in [-0.15, -0.1) is 18.2 Å². The number of fused-ring (bicyclic) bond motifs is 5. The van der Waals surface area contributed by atoms with Crippen molar-refractivity contribution >= 4 is 23.5 Å². The lowest BCUT2D eigenvalue weighted by atomic mass is 9.49. The second kappa shape index (κ2) is 11.0. The third kappa shape index (κ3) is 4.62. The van der Waals surface area contributed by atoms with Crippen LogP contribution < -0.4 is 0 Å². The van der Waals surface area contributed by atoms with E-state index in [9.17, 15) is 9.59 Å². The summed E-state index contributed by atoms with van der Waals surface area (Å²) in [6, 6.07) is 9.97. The molecule has 5 unspecified atom stereocenters. The molecule has 0 N–H and O–H groups in total. The predicted octanol–water partition coefficient (Wildman–Crippen LogP) is 7.25. The number of esters is 1. The van der Waals surface area contributed by atoms with Crippen LogP contribution >= 0.6 is 11.8 Å². The van der Waals surface area contributed by atoms with Crippen molar-refractivity contribution in [3.8, 4) is 12.3 Å². The molecule has 4 aliphatic carbocycles. The molecule has 3 saturated carbocycles. The molecule has 3 fully saturated rings. The molecule has 0 aromatic heterocycles. The van der Waals surface area contributed by atoms with E-state index in [0.717, 1.165) is 56.3 Å². The molecule has 1 aromatic carbocycles. The zero-order valence-corrected chi connectivity index (χ0v) is 22.4. The lowest BCUT2D eigenvalue weighted by molar-refractivity contribution is -0.170. The first-order chi connectivity index (χ1) is 17.0. The molecule has 0 spiro atoms. The van der Waals surface area contributed by atoms with Crippen LogP contribution in [0.4, 0.5) is 0 Å². The van der Waals surface area contributed by atoms with Crippen LogP contribution in [0.15, 0.2) is 46.9 Å². The van der Waals surface area contributed by atoms with Crippen LogP contribution in [0, 0.1) is 41.4 Å². The number of carbonyl (C=O) groups excluding carboxylic acids is 2. The third-order valence-electron chi connectivity index (χ3n) is 9.37. The summed E-state index contributed by atoms with van der Waals surface area (Å²) in [6.07, 6.45) is 17.0. The molecule has 0 radical (unpaired) electrons. The van der Waals surface area contributed by atoms with E-state index < -0.39 is 5.60 Å². The lowest BCUT2D eigenvalue weighted by Crippen LogP contribution is -2.55. The Kier molecular flexibility index (Phi) is 8.16. The molecule has 3 nitrogen and oxygen atoms in total. The van der Waals surface area contributed by atoms with Gasteiger partial charge in [0, 0.05) is 16.7 Å². The number of hydrogen-bond acceptors (Lipinski definition) is 4. The van der Waals surface area contributed by atoms with Crippen LogP contribution in [0.25, 0.3) is 0 Å². The van der Waals surface area contributed by atoms with Gasteiger partial charge in [0.2, 0.25) is 0 Å². The minimum atomic E-state index is -0.787. The van der Waals surface area contributed by atoms with E-state index in [-0.39, 0.29) is 17.1 Å². The summed E-state index contributed by atoms with van der Waals surface area (Å²) in [5.74, 6) is 5.80. The molecule has 188 valence electrons. The standard InChI is InChI=1S/C29H34O3S.C2H6/c1-3-28-16-14-24-23-13-11-21(30)18-20(23)10-12-25(24)26(28)15-17-29(28,4-2)32-27(31)19-33-22-8-6-5-7-9-22;1-2/h2,5-9,18,23-26H,3,10-17,19H2,1H3;1-2H3/t23?,24?,25?,26?,28?,29-;/m0./s1. The van der Waals surface area contributed by atoms with Crippen molar-refractivity contribution in [3.63, 3.8) is 0 Å². The van der Waals surface area contributed by atoms with E-state index in [1.165, 1.54) is 17.3 Å². The monoisotopic (exact) mass is 492 g/mol. The van der Waals surface area contributed by atoms with Gasteiger partial charge >= 0.3 is 5.97 Å². The summed E-state index contributed by atoms with van der Waals surface area (Å²) in [6.45, 7) is 6.24. The van der Waals surface area contributed by atoms with Crippen LogP contribution in [0.1, 0.15) is 78.6 Å². The van der Waals surface area contributed by atoms with Crippen molar-refractivity contribution in [1.29, 1.82) is 0 Å². The molecule has 0 bridgehead atoms. The Morgan fingerprint density at radius 3 is 2.57 bits per heavy atom. The number of benzene rings is 1. The van der Waals surface area contributed by atoms with Crippen LogP contribution in [-0.2, 0) is 14.3 Å². The second-order valence-corrected chi connectivity index (χ2v) is 11.5. The predicted molar refractivity (Wildman–Crippen MR) is 143 cm³/mol. The Hall–Kier alpha value is -1.99. The second-order valence-electron chi connectivity index (χ2n) is 10.4. The smallest absolute Gasteiger partial charge is 0.317 e. The van der Waals surface area contributed by atoms with Gasteiger partial charge in [0.1, 0.15) is 0 Å². The summed E-state index contributed by atoms with van der Waals surface area (Å²) < 4.78 is 6.28. The minimum Gasteiger partial charge on any atom is -0.445 e. The van der Waals surface area contributed by atoms with Crippen molar-refractivity contribution < 1.29 is 14.3 Å². The Morgan fingerprint density at radius 1 is 1.09 bits per heavy atom. The summed E-state index contributed by atoms with van der Waals surface area (Å²) in [5.41, 5.74) is 0.494. The molecule has 0 heterocycles. The van der Waals surface area contributed by atoms with Gasteiger partial charge in [-0.2, -0.15) is 0 Å². The fourth-order valence-corrected chi connectivity index (χ4v) is 8.69. The van der Waals surface area contributed by atoms with E-state index in [0.29, 0.717) is 35.9 Å². The Morgan fingerprint density at radius 2 is 1.86 bits per heavy atom. The Bertz CT molecular complexity index is 992. The zero-order valence-electron chi connectivity index (χ0n) is 21.6. The molecule has 5 rings (SSSR count). The Balaban J connectivity index is 0.00000141. The van der Waals surface area contributed by atoms with Crippen LogP contribution in [0.3, 0.4) is 0 Å². The first-order valence-corrected chi connectivity index (χ1v) is 14.6. The average molecular weight is 493 g/mol. The maximum Gasteiger partial charge on any atom is 0.317 e. The van der Waals surface area contributed by atoms with Crippen molar-refractivity contribution in [1.82, 2.24) is 0 Å². The van der Waals surface area contributed by atoms with Gasteiger partial charge in [-0.3, -0.25) is 9.59 Å². The molecule has 35 heavy (non-hydrogen) atoms. The minimum absolute atomic E-state index is 0.123. The van der Waals surface area contributed by atoms with Gasteiger partial charge in [-0.05, 0) is 93.2 Å². The van der Waals surface area contributed by atoms with Crippen molar-refractivity contribution in [2.45, 2.75) is 89.1 Å². The maximum atomic E-state index is 13.0. The molecule has 0 saturated heterocycles. The number of ketones is 1. The lowest BCUT2D eigenvalue weighted by Gasteiger charge is -2.56. The molecule has 0 aliphatic heterocycles. The fraction of sp³-hybridized carbons (Fsp3) is 0.613. The molecular weight excluding hydrogens is 452 g/mol. The molecule has 4 heteroatoms. The van der Waals surface area contributed by atoms with Gasteiger partial charge in [0.25, 0.3) is 0 Å². The van der Waals surface area contributed by atoms with E-state index in [1.807, 2.05) is 50.3 Å². The van der Waals surface area contributed by atoms with Gasteiger partial charge in [0.15, 0.2) is 11.4 Å². The highest BCUT2D eigenvalue weighted by Gasteiger charge is 2.65. The molecular formula is C31H40O3S. The Labute approximate surface area is 215 Å². The average Bonchev–Trinajstić information content (AvgIpc) is 3.23. The number of allylic oxidation sites excluding steroid dienone is 1. The van der Waals surface area contributed by atoms with E-state index in [2.05, 4.69) is 12.8 Å². The number of hydrogen-bond donors (Lipinski definition) is 0. The summed E-state index contributed by atoms with van der Waals surface area (Å²) in [4.78, 5) is 26.0. The van der Waals surface area contributed by atoms with Gasteiger partial charge in [-0.25, -0.2) is 0 Å². The molecule has 4 aliphatic rings. The van der Waals surface area contributed by atoms with Crippen LogP contribution in [0.2, 0.25) is 0 Å². The number of ether oxygens (including phenoxy) is 1. The van der Waals surface area contributed by atoms with Crippen LogP contribution in [0.5, 0.6) is 0 Å². The number of thioether (sulfide) groups is 1. The van der Waals surface area contributed by atoms with Gasteiger partial charge in [-0.1, -0.05) is 50.5 Å². The number of rotatable bonds is 5. The summed E-state index contributed by atoms with van der Waals surface area (Å²) in [7, 11) is 0. The molecule has 0 amide bonds. The number of carbonyl (C=O) groups is 2. The molecule has 1 aromatic rings.